The van der Waals surface area contributed by atoms with Gasteiger partial charge in [0.05, 0.1) is 11.0 Å². The Labute approximate surface area is 75.9 Å². The largest absolute Gasteiger partial charge is 0.275 e. The highest BCUT2D eigenvalue weighted by atomic mass is 79.9. The zero-order valence-corrected chi connectivity index (χ0v) is 7.28. The molecule has 0 spiro atoms. The summed E-state index contributed by atoms with van der Waals surface area (Å²) in [6.07, 6.45) is 0. The standard InChI is InChI=1S/C6H2BrN3O2/c7-6-2-5(10(11)12)1-4(3-8)9-6/h1-2H. The van der Waals surface area contributed by atoms with E-state index in [0.29, 0.717) is 0 Å². The fraction of sp³-hybridized carbons (Fsp3) is 0. The number of aromatic nitrogens is 1. The fourth-order valence-corrected chi connectivity index (χ4v) is 1.07. The molecule has 60 valence electrons. The summed E-state index contributed by atoms with van der Waals surface area (Å²) < 4.78 is 0.285. The summed E-state index contributed by atoms with van der Waals surface area (Å²) in [6.45, 7) is 0. The summed E-state index contributed by atoms with van der Waals surface area (Å²) in [6, 6.07) is 4.07. The van der Waals surface area contributed by atoms with E-state index in [2.05, 4.69) is 20.9 Å². The fourth-order valence-electron chi connectivity index (χ4n) is 0.646. The van der Waals surface area contributed by atoms with Crippen LogP contribution in [0.5, 0.6) is 0 Å². The summed E-state index contributed by atoms with van der Waals surface area (Å²) in [5.74, 6) is 0. The van der Waals surface area contributed by atoms with E-state index in [4.69, 9.17) is 5.26 Å². The lowest BCUT2D eigenvalue weighted by atomic mass is 10.3. The van der Waals surface area contributed by atoms with Crippen molar-refractivity contribution in [2.24, 2.45) is 0 Å². The first-order valence-electron chi connectivity index (χ1n) is 2.85. The number of nitriles is 1. The van der Waals surface area contributed by atoms with Crippen LogP contribution in [0.1, 0.15) is 5.69 Å². The van der Waals surface area contributed by atoms with Gasteiger partial charge in [0.1, 0.15) is 16.4 Å². The highest BCUT2D eigenvalue weighted by Crippen LogP contribution is 2.17. The highest BCUT2D eigenvalue weighted by molar-refractivity contribution is 9.10. The van der Waals surface area contributed by atoms with Gasteiger partial charge in [-0.2, -0.15) is 5.26 Å². The van der Waals surface area contributed by atoms with Crippen LogP contribution in [0.4, 0.5) is 5.69 Å². The van der Waals surface area contributed by atoms with Gasteiger partial charge >= 0.3 is 0 Å². The molecule has 0 saturated heterocycles. The van der Waals surface area contributed by atoms with Crippen LogP contribution >= 0.6 is 15.9 Å². The molecule has 0 amide bonds. The molecule has 1 heterocycles. The number of hydrogen-bond donors (Lipinski definition) is 0. The Morgan fingerprint density at radius 1 is 1.67 bits per heavy atom. The molecule has 0 bridgehead atoms. The Balaban J connectivity index is 3.26. The number of rotatable bonds is 1. The Morgan fingerprint density at radius 3 is 2.83 bits per heavy atom. The molecule has 0 atom stereocenters. The van der Waals surface area contributed by atoms with Crippen molar-refractivity contribution >= 4 is 21.6 Å². The van der Waals surface area contributed by atoms with Crippen LogP contribution in [-0.4, -0.2) is 9.91 Å². The van der Waals surface area contributed by atoms with Crippen LogP contribution in [-0.2, 0) is 0 Å². The number of halogens is 1. The second-order valence-corrected chi connectivity index (χ2v) is 2.71. The van der Waals surface area contributed by atoms with Crippen LogP contribution in [0, 0.1) is 21.4 Å². The minimum atomic E-state index is -0.576. The molecular formula is C6H2BrN3O2. The molecule has 12 heavy (non-hydrogen) atoms. The van der Waals surface area contributed by atoms with Crippen molar-refractivity contribution in [3.63, 3.8) is 0 Å². The summed E-state index contributed by atoms with van der Waals surface area (Å²) in [4.78, 5) is 13.4. The van der Waals surface area contributed by atoms with Crippen LogP contribution < -0.4 is 0 Å². The summed E-state index contributed by atoms with van der Waals surface area (Å²) >= 11 is 2.96. The lowest BCUT2D eigenvalue weighted by molar-refractivity contribution is -0.385. The van der Waals surface area contributed by atoms with Gasteiger partial charge in [0.2, 0.25) is 0 Å². The lowest BCUT2D eigenvalue weighted by Crippen LogP contribution is -1.91. The van der Waals surface area contributed by atoms with Crippen molar-refractivity contribution in [3.05, 3.63) is 32.5 Å². The van der Waals surface area contributed by atoms with Crippen LogP contribution in [0.25, 0.3) is 0 Å². The Bertz CT molecular complexity index is 372. The van der Waals surface area contributed by atoms with Crippen molar-refractivity contribution in [1.29, 1.82) is 5.26 Å². The molecule has 0 unspecified atom stereocenters. The maximum absolute atomic E-state index is 10.3. The molecule has 0 aliphatic carbocycles. The molecule has 0 N–H and O–H groups in total. The molecule has 0 radical (unpaired) electrons. The van der Waals surface area contributed by atoms with Gasteiger partial charge in [-0.15, -0.1) is 0 Å². The summed E-state index contributed by atoms with van der Waals surface area (Å²) in [5.41, 5.74) is -0.121. The zero-order valence-electron chi connectivity index (χ0n) is 5.69. The maximum Gasteiger partial charge on any atom is 0.275 e. The average Bonchev–Trinajstić information content (AvgIpc) is 2.03. The van der Waals surface area contributed by atoms with E-state index in [1.165, 1.54) is 6.07 Å². The molecule has 1 aromatic rings. The third-order valence-corrected chi connectivity index (χ3v) is 1.51. The number of pyridine rings is 1. The van der Waals surface area contributed by atoms with Gasteiger partial charge < -0.3 is 0 Å². The van der Waals surface area contributed by atoms with Crippen molar-refractivity contribution in [1.82, 2.24) is 4.98 Å². The molecule has 6 heteroatoms. The number of nitrogens with zero attached hydrogens (tertiary/aromatic N) is 3. The minimum absolute atomic E-state index is 0.0241. The van der Waals surface area contributed by atoms with Crippen molar-refractivity contribution in [2.45, 2.75) is 0 Å². The first-order valence-corrected chi connectivity index (χ1v) is 3.65. The predicted molar refractivity (Wildman–Crippen MR) is 43.3 cm³/mol. The first-order chi connectivity index (χ1) is 5.63. The molecular weight excluding hydrogens is 226 g/mol. The molecule has 1 aromatic heterocycles. The minimum Gasteiger partial charge on any atom is -0.258 e. The first kappa shape index (κ1) is 8.62. The number of nitro groups is 1. The van der Waals surface area contributed by atoms with E-state index in [0.717, 1.165) is 6.07 Å². The molecule has 0 fully saturated rings. The lowest BCUT2D eigenvalue weighted by Gasteiger charge is -1.92. The van der Waals surface area contributed by atoms with Gasteiger partial charge in [-0.25, -0.2) is 4.98 Å². The third kappa shape index (κ3) is 1.77. The monoisotopic (exact) mass is 227 g/mol. The summed E-state index contributed by atoms with van der Waals surface area (Å²) in [5, 5.41) is 18.7. The van der Waals surface area contributed by atoms with Crippen LogP contribution in [0.2, 0.25) is 0 Å². The topological polar surface area (TPSA) is 79.8 Å². The molecule has 0 aliphatic rings. The average molecular weight is 228 g/mol. The van der Waals surface area contributed by atoms with Gasteiger partial charge in [-0.3, -0.25) is 10.1 Å². The van der Waals surface area contributed by atoms with E-state index in [1.54, 1.807) is 6.07 Å². The van der Waals surface area contributed by atoms with Gasteiger partial charge in [0.15, 0.2) is 0 Å². The van der Waals surface area contributed by atoms with Gasteiger partial charge in [-0.05, 0) is 15.9 Å². The van der Waals surface area contributed by atoms with Crippen molar-refractivity contribution < 1.29 is 4.92 Å². The molecule has 0 aromatic carbocycles. The quantitative estimate of drug-likeness (QED) is 0.415. The van der Waals surface area contributed by atoms with E-state index in [1.807, 2.05) is 0 Å². The van der Waals surface area contributed by atoms with E-state index >= 15 is 0 Å². The molecule has 0 saturated carbocycles. The van der Waals surface area contributed by atoms with Crippen molar-refractivity contribution in [3.8, 4) is 6.07 Å². The predicted octanol–water partition coefficient (Wildman–Crippen LogP) is 1.62. The van der Waals surface area contributed by atoms with Crippen LogP contribution in [0.15, 0.2) is 16.7 Å². The van der Waals surface area contributed by atoms with Crippen LogP contribution in [0.3, 0.4) is 0 Å². The Kier molecular flexibility index (Phi) is 2.35. The third-order valence-electron chi connectivity index (χ3n) is 1.10. The molecule has 5 nitrogen and oxygen atoms in total. The molecule has 0 aliphatic heterocycles. The van der Waals surface area contributed by atoms with E-state index < -0.39 is 4.92 Å². The Hall–Kier alpha value is -1.48. The van der Waals surface area contributed by atoms with Gasteiger partial charge in [0, 0.05) is 6.07 Å². The van der Waals surface area contributed by atoms with E-state index in [-0.39, 0.29) is 16.0 Å². The SMILES string of the molecule is N#Cc1cc([N+](=O)[O-])cc(Br)n1. The zero-order chi connectivity index (χ0) is 9.14. The smallest absolute Gasteiger partial charge is 0.258 e. The second kappa shape index (κ2) is 3.28. The highest BCUT2D eigenvalue weighted by Gasteiger charge is 2.08. The second-order valence-electron chi connectivity index (χ2n) is 1.90. The summed E-state index contributed by atoms with van der Waals surface area (Å²) in [7, 11) is 0. The maximum atomic E-state index is 10.3. The Morgan fingerprint density at radius 2 is 2.33 bits per heavy atom. The van der Waals surface area contributed by atoms with Gasteiger partial charge in [0.25, 0.3) is 5.69 Å². The number of hydrogen-bond acceptors (Lipinski definition) is 4. The molecule has 1 rings (SSSR count). The van der Waals surface area contributed by atoms with Gasteiger partial charge in [-0.1, -0.05) is 0 Å². The normalized spacial score (nSPS) is 9.00. The van der Waals surface area contributed by atoms with E-state index in [9.17, 15) is 10.1 Å². The van der Waals surface area contributed by atoms with Crippen molar-refractivity contribution in [2.75, 3.05) is 0 Å².